The number of methoxy groups -OCH3 is 1. The van der Waals surface area contributed by atoms with Crippen molar-refractivity contribution in [3.8, 4) is 5.75 Å². The summed E-state index contributed by atoms with van der Waals surface area (Å²) in [7, 11) is -1.72. The molecule has 1 aliphatic heterocycles. The van der Waals surface area contributed by atoms with Gasteiger partial charge in [-0.25, -0.2) is 8.42 Å². The predicted molar refractivity (Wildman–Crippen MR) is 73.5 cm³/mol. The third kappa shape index (κ3) is 2.81. The molecule has 1 atom stereocenters. The maximum Gasteiger partial charge on any atom is 0.180 e. The summed E-state index contributed by atoms with van der Waals surface area (Å²) in [5.41, 5.74) is 1.29. The number of benzene rings is 1. The normalized spacial score (nSPS) is 21.9. The second-order valence-corrected chi connectivity index (χ2v) is 7.20. The lowest BCUT2D eigenvalue weighted by molar-refractivity contribution is 0.0981. The zero-order chi connectivity index (χ0) is 14.0. The van der Waals surface area contributed by atoms with Crippen molar-refractivity contribution in [3.63, 3.8) is 0 Å². The van der Waals surface area contributed by atoms with Crippen LogP contribution in [0.25, 0.3) is 0 Å². The molecule has 0 amide bonds. The first-order chi connectivity index (χ1) is 8.95. The lowest BCUT2D eigenvalue weighted by Crippen LogP contribution is -2.35. The molecule has 1 fully saturated rings. The third-order valence-electron chi connectivity index (χ3n) is 3.55. The van der Waals surface area contributed by atoms with Gasteiger partial charge in [-0.05, 0) is 43.5 Å². The van der Waals surface area contributed by atoms with Crippen LogP contribution in [-0.2, 0) is 9.84 Å². The zero-order valence-corrected chi connectivity index (χ0v) is 12.0. The smallest absolute Gasteiger partial charge is 0.180 e. The van der Waals surface area contributed by atoms with E-state index in [0.29, 0.717) is 24.2 Å². The number of hydrogen-bond acceptors (Lipinski definition) is 4. The van der Waals surface area contributed by atoms with Gasteiger partial charge in [0.25, 0.3) is 0 Å². The number of hydrogen-bond donors (Lipinski definition) is 0. The number of Topliss-reactive ketones (excluding diaryl/α,β-unsaturated/α-hetero) is 1. The van der Waals surface area contributed by atoms with Gasteiger partial charge in [-0.15, -0.1) is 0 Å². The van der Waals surface area contributed by atoms with E-state index in [9.17, 15) is 13.2 Å². The molecular weight excluding hydrogens is 264 g/mol. The topological polar surface area (TPSA) is 60.4 Å². The van der Waals surface area contributed by atoms with E-state index < -0.39 is 15.1 Å². The van der Waals surface area contributed by atoms with Gasteiger partial charge >= 0.3 is 0 Å². The first-order valence-corrected chi connectivity index (χ1v) is 8.07. The lowest BCUT2D eigenvalue weighted by Gasteiger charge is -2.21. The van der Waals surface area contributed by atoms with Gasteiger partial charge in [-0.1, -0.05) is 6.42 Å². The van der Waals surface area contributed by atoms with Crippen LogP contribution < -0.4 is 4.74 Å². The van der Waals surface area contributed by atoms with Gasteiger partial charge < -0.3 is 4.74 Å². The highest BCUT2D eigenvalue weighted by molar-refractivity contribution is 7.92. The molecule has 0 saturated carbocycles. The number of ketones is 1. The minimum atomic E-state index is -3.28. The van der Waals surface area contributed by atoms with Crippen LogP contribution in [0.1, 0.15) is 35.2 Å². The SMILES string of the molecule is COc1ccc(C(=O)C2CCCCS2(=O)=O)cc1C. The van der Waals surface area contributed by atoms with Crippen molar-refractivity contribution >= 4 is 15.6 Å². The van der Waals surface area contributed by atoms with Gasteiger partial charge in [0.15, 0.2) is 15.6 Å². The minimum absolute atomic E-state index is 0.124. The molecule has 4 nitrogen and oxygen atoms in total. The van der Waals surface area contributed by atoms with E-state index in [0.717, 1.165) is 12.0 Å². The molecule has 0 bridgehead atoms. The number of carbonyl (C=O) groups is 1. The van der Waals surface area contributed by atoms with E-state index in [-0.39, 0.29) is 11.5 Å². The fourth-order valence-electron chi connectivity index (χ4n) is 2.47. The van der Waals surface area contributed by atoms with Crippen LogP contribution in [0, 0.1) is 6.92 Å². The van der Waals surface area contributed by atoms with Crippen LogP contribution in [-0.4, -0.2) is 32.3 Å². The number of carbonyl (C=O) groups excluding carboxylic acids is 1. The number of ether oxygens (including phenoxy) is 1. The Balaban J connectivity index is 2.31. The van der Waals surface area contributed by atoms with Gasteiger partial charge in [0, 0.05) is 5.56 Å². The van der Waals surface area contributed by atoms with Crippen molar-refractivity contribution in [2.24, 2.45) is 0 Å². The Morgan fingerprint density at radius 3 is 2.63 bits per heavy atom. The highest BCUT2D eigenvalue weighted by Crippen LogP contribution is 2.25. The second-order valence-electron chi connectivity index (χ2n) is 4.90. The van der Waals surface area contributed by atoms with Crippen LogP contribution in [0.5, 0.6) is 5.75 Å². The Labute approximate surface area is 113 Å². The molecular formula is C14H18O4S. The molecule has 0 spiro atoms. The van der Waals surface area contributed by atoms with E-state index >= 15 is 0 Å². The van der Waals surface area contributed by atoms with Gasteiger partial charge in [0.05, 0.1) is 12.9 Å². The van der Waals surface area contributed by atoms with Crippen molar-refractivity contribution in [2.45, 2.75) is 31.4 Å². The van der Waals surface area contributed by atoms with Crippen molar-refractivity contribution in [2.75, 3.05) is 12.9 Å². The number of aryl methyl sites for hydroxylation is 1. The third-order valence-corrected chi connectivity index (χ3v) is 5.72. The van der Waals surface area contributed by atoms with E-state index in [2.05, 4.69) is 0 Å². The summed E-state index contributed by atoms with van der Waals surface area (Å²) in [6.45, 7) is 1.84. The summed E-state index contributed by atoms with van der Waals surface area (Å²) >= 11 is 0. The van der Waals surface area contributed by atoms with E-state index in [1.807, 2.05) is 6.92 Å². The van der Waals surface area contributed by atoms with Crippen LogP contribution in [0.4, 0.5) is 0 Å². The average molecular weight is 282 g/mol. The molecule has 1 aromatic rings. The molecule has 19 heavy (non-hydrogen) atoms. The van der Waals surface area contributed by atoms with E-state index in [1.54, 1.807) is 25.3 Å². The Bertz CT molecular complexity index is 589. The molecule has 1 aliphatic rings. The lowest BCUT2D eigenvalue weighted by atomic mass is 10.0. The second kappa shape index (κ2) is 5.33. The maximum absolute atomic E-state index is 12.3. The fraction of sp³-hybridized carbons (Fsp3) is 0.500. The summed E-state index contributed by atoms with van der Waals surface area (Å²) in [5.74, 6) is 0.534. The predicted octanol–water partition coefficient (Wildman–Crippen LogP) is 2.15. The molecule has 1 saturated heterocycles. The zero-order valence-electron chi connectivity index (χ0n) is 11.2. The molecule has 0 radical (unpaired) electrons. The summed E-state index contributed by atoms with van der Waals surface area (Å²) in [5, 5.41) is -0.867. The highest BCUT2D eigenvalue weighted by Gasteiger charge is 2.35. The Morgan fingerprint density at radius 1 is 1.32 bits per heavy atom. The first kappa shape index (κ1) is 14.1. The van der Waals surface area contributed by atoms with E-state index in [4.69, 9.17) is 4.74 Å². The van der Waals surface area contributed by atoms with Crippen molar-refractivity contribution < 1.29 is 17.9 Å². The molecule has 0 aromatic heterocycles. The Hall–Kier alpha value is -1.36. The molecule has 2 rings (SSSR count). The average Bonchev–Trinajstić information content (AvgIpc) is 2.37. The summed E-state index contributed by atoms with van der Waals surface area (Å²) in [4.78, 5) is 12.3. The van der Waals surface area contributed by atoms with Crippen LogP contribution in [0.3, 0.4) is 0 Å². The van der Waals surface area contributed by atoms with Gasteiger partial charge in [0.2, 0.25) is 0 Å². The van der Waals surface area contributed by atoms with Crippen LogP contribution >= 0.6 is 0 Å². The quantitative estimate of drug-likeness (QED) is 0.797. The van der Waals surface area contributed by atoms with Crippen molar-refractivity contribution in [1.29, 1.82) is 0 Å². The Kier molecular flexibility index (Phi) is 3.94. The summed E-state index contributed by atoms with van der Waals surface area (Å²) in [6, 6.07) is 5.04. The highest BCUT2D eigenvalue weighted by atomic mass is 32.2. The molecule has 1 heterocycles. The molecule has 5 heteroatoms. The van der Waals surface area contributed by atoms with Crippen molar-refractivity contribution in [3.05, 3.63) is 29.3 Å². The van der Waals surface area contributed by atoms with Gasteiger partial charge in [0.1, 0.15) is 11.0 Å². The maximum atomic E-state index is 12.3. The van der Waals surface area contributed by atoms with Gasteiger partial charge in [-0.2, -0.15) is 0 Å². The number of sulfone groups is 1. The number of rotatable bonds is 3. The molecule has 0 N–H and O–H groups in total. The van der Waals surface area contributed by atoms with Crippen LogP contribution in [0.2, 0.25) is 0 Å². The van der Waals surface area contributed by atoms with Crippen LogP contribution in [0.15, 0.2) is 18.2 Å². The molecule has 104 valence electrons. The monoisotopic (exact) mass is 282 g/mol. The molecule has 1 unspecified atom stereocenters. The molecule has 1 aromatic carbocycles. The minimum Gasteiger partial charge on any atom is -0.496 e. The summed E-state index contributed by atoms with van der Waals surface area (Å²) < 4.78 is 29.1. The summed E-state index contributed by atoms with van der Waals surface area (Å²) in [6.07, 6.45) is 1.89. The largest absolute Gasteiger partial charge is 0.496 e. The Morgan fingerprint density at radius 2 is 2.05 bits per heavy atom. The standard InChI is InChI=1S/C14H18O4S/c1-10-9-11(6-7-12(10)18-2)14(15)13-5-3-4-8-19(13,16)17/h6-7,9,13H,3-5,8H2,1-2H3. The first-order valence-electron chi connectivity index (χ1n) is 6.36. The van der Waals surface area contributed by atoms with E-state index in [1.165, 1.54) is 0 Å². The van der Waals surface area contributed by atoms with Gasteiger partial charge in [-0.3, -0.25) is 4.79 Å². The molecule has 0 aliphatic carbocycles. The fourth-order valence-corrected chi connectivity index (χ4v) is 4.35. The van der Waals surface area contributed by atoms with Crippen molar-refractivity contribution in [1.82, 2.24) is 0 Å².